The lowest BCUT2D eigenvalue weighted by Crippen LogP contribution is -2.19. The molecule has 2 fully saturated rings. The van der Waals surface area contributed by atoms with Crippen LogP contribution in [0, 0.1) is 11.8 Å². The van der Waals surface area contributed by atoms with Gasteiger partial charge in [-0.25, -0.2) is 4.98 Å². The van der Waals surface area contributed by atoms with Gasteiger partial charge in [0.25, 0.3) is 0 Å². The largest absolute Gasteiger partial charge is 0.334 e. The molecule has 0 radical (unpaired) electrons. The van der Waals surface area contributed by atoms with Crippen molar-refractivity contribution in [1.29, 1.82) is 0 Å². The minimum atomic E-state index is 0.837. The fourth-order valence-electron chi connectivity index (χ4n) is 3.30. The average Bonchev–Trinajstić information content (AvgIpc) is 3.11. The summed E-state index contributed by atoms with van der Waals surface area (Å²) in [5.74, 6) is 2.76. The van der Waals surface area contributed by atoms with E-state index in [4.69, 9.17) is 0 Å². The highest BCUT2D eigenvalue weighted by molar-refractivity contribution is 5.12. The Morgan fingerprint density at radius 3 is 2.47 bits per heavy atom. The number of rotatable bonds is 4. The van der Waals surface area contributed by atoms with Crippen LogP contribution in [0.25, 0.3) is 0 Å². The Bertz CT molecular complexity index is 357. The first-order chi connectivity index (χ1) is 8.36. The van der Waals surface area contributed by atoms with Crippen molar-refractivity contribution < 1.29 is 0 Å². The minimum absolute atomic E-state index is 0.837. The summed E-state index contributed by atoms with van der Waals surface area (Å²) >= 11 is 0. The van der Waals surface area contributed by atoms with Gasteiger partial charge in [-0.1, -0.05) is 26.2 Å². The van der Waals surface area contributed by atoms with Crippen LogP contribution in [0.4, 0.5) is 0 Å². The monoisotopic (exact) mass is 232 g/mol. The zero-order valence-electron chi connectivity index (χ0n) is 10.9. The van der Waals surface area contributed by atoms with Gasteiger partial charge in [0.1, 0.15) is 0 Å². The third-order valence-corrected chi connectivity index (χ3v) is 4.74. The average molecular weight is 232 g/mol. The quantitative estimate of drug-likeness (QED) is 0.768. The van der Waals surface area contributed by atoms with E-state index in [1.54, 1.807) is 0 Å². The Labute approximate surface area is 104 Å². The second-order valence-electron chi connectivity index (χ2n) is 6.04. The van der Waals surface area contributed by atoms with Crippen molar-refractivity contribution in [3.8, 4) is 0 Å². The lowest BCUT2D eigenvalue weighted by atomic mass is 9.81. The molecule has 94 valence electrons. The molecule has 1 heterocycles. The highest BCUT2D eigenvalue weighted by Crippen LogP contribution is 2.40. The second kappa shape index (κ2) is 4.83. The predicted octanol–water partition coefficient (Wildman–Crippen LogP) is 3.98. The maximum Gasteiger partial charge on any atom is 0.0948 e. The Balaban J connectivity index is 1.58. The molecule has 2 heteroatoms. The Morgan fingerprint density at radius 2 is 1.82 bits per heavy atom. The highest BCUT2D eigenvalue weighted by atomic mass is 15.1. The molecule has 0 bridgehead atoms. The number of hydrogen-bond acceptors (Lipinski definition) is 1. The molecule has 3 rings (SSSR count). The number of aromatic nitrogens is 2. The molecule has 2 aliphatic rings. The summed E-state index contributed by atoms with van der Waals surface area (Å²) in [5.41, 5.74) is 1.50. The number of imidazole rings is 1. The maximum absolute atomic E-state index is 4.34. The van der Waals surface area contributed by atoms with Gasteiger partial charge in [-0.3, -0.25) is 0 Å². The van der Waals surface area contributed by atoms with Crippen LogP contribution < -0.4 is 0 Å². The number of hydrogen-bond donors (Lipinski definition) is 0. The van der Waals surface area contributed by atoms with E-state index < -0.39 is 0 Å². The maximum atomic E-state index is 4.34. The summed E-state index contributed by atoms with van der Waals surface area (Å²) < 4.78 is 2.44. The molecule has 0 unspecified atom stereocenters. The van der Waals surface area contributed by atoms with Crippen LogP contribution in [-0.2, 0) is 6.54 Å². The molecule has 17 heavy (non-hydrogen) atoms. The number of nitrogens with zero attached hydrogens (tertiary/aromatic N) is 2. The summed E-state index contributed by atoms with van der Waals surface area (Å²) in [5, 5.41) is 0. The Morgan fingerprint density at radius 1 is 1.12 bits per heavy atom. The SMILES string of the molecule is CCC1CCC(Cn2cncc2C2CC2)CC1. The van der Waals surface area contributed by atoms with E-state index in [2.05, 4.69) is 29.0 Å². The first kappa shape index (κ1) is 11.3. The van der Waals surface area contributed by atoms with Crippen molar-refractivity contribution in [2.75, 3.05) is 0 Å². The van der Waals surface area contributed by atoms with Crippen LogP contribution in [0.1, 0.15) is 63.5 Å². The zero-order chi connectivity index (χ0) is 11.7. The molecule has 0 N–H and O–H groups in total. The smallest absolute Gasteiger partial charge is 0.0948 e. The van der Waals surface area contributed by atoms with Crippen LogP contribution in [0.2, 0.25) is 0 Å². The van der Waals surface area contributed by atoms with Crippen LogP contribution >= 0.6 is 0 Å². The first-order valence-corrected chi connectivity index (χ1v) is 7.36. The molecule has 2 aliphatic carbocycles. The molecular formula is C15H24N2. The van der Waals surface area contributed by atoms with Gasteiger partial charge in [0, 0.05) is 24.4 Å². The second-order valence-corrected chi connectivity index (χ2v) is 6.04. The van der Waals surface area contributed by atoms with Crippen molar-refractivity contribution in [1.82, 2.24) is 9.55 Å². The molecule has 0 aromatic carbocycles. The van der Waals surface area contributed by atoms with Crippen LogP contribution in [0.15, 0.2) is 12.5 Å². The van der Waals surface area contributed by atoms with Gasteiger partial charge in [-0.15, -0.1) is 0 Å². The van der Waals surface area contributed by atoms with E-state index in [1.807, 2.05) is 0 Å². The zero-order valence-corrected chi connectivity index (χ0v) is 10.9. The highest BCUT2D eigenvalue weighted by Gasteiger charge is 2.28. The molecule has 0 aliphatic heterocycles. The summed E-state index contributed by atoms with van der Waals surface area (Å²) in [4.78, 5) is 4.34. The normalized spacial score (nSPS) is 29.5. The fourth-order valence-corrected chi connectivity index (χ4v) is 3.30. The molecule has 2 nitrogen and oxygen atoms in total. The van der Waals surface area contributed by atoms with Gasteiger partial charge in [0.15, 0.2) is 0 Å². The van der Waals surface area contributed by atoms with Gasteiger partial charge in [-0.05, 0) is 37.5 Å². The standard InChI is InChI=1S/C15H24N2/c1-2-12-3-5-13(6-4-12)10-17-11-16-9-15(17)14-7-8-14/h9,11-14H,2-8,10H2,1H3. The molecule has 1 aromatic heterocycles. The lowest BCUT2D eigenvalue weighted by Gasteiger charge is -2.28. The summed E-state index contributed by atoms with van der Waals surface area (Å²) in [6.45, 7) is 3.56. The first-order valence-electron chi connectivity index (χ1n) is 7.36. The summed E-state index contributed by atoms with van der Waals surface area (Å²) in [7, 11) is 0. The Kier molecular flexibility index (Phi) is 3.21. The topological polar surface area (TPSA) is 17.8 Å². The fraction of sp³-hybridized carbons (Fsp3) is 0.800. The van der Waals surface area contributed by atoms with Gasteiger partial charge < -0.3 is 4.57 Å². The van der Waals surface area contributed by atoms with Gasteiger partial charge >= 0.3 is 0 Å². The van der Waals surface area contributed by atoms with E-state index in [0.717, 1.165) is 17.8 Å². The van der Waals surface area contributed by atoms with Gasteiger partial charge in [-0.2, -0.15) is 0 Å². The van der Waals surface area contributed by atoms with E-state index in [0.29, 0.717) is 0 Å². The van der Waals surface area contributed by atoms with Crippen molar-refractivity contribution in [3.63, 3.8) is 0 Å². The molecule has 0 saturated heterocycles. The summed E-state index contributed by atoms with van der Waals surface area (Å²) in [6, 6.07) is 0. The van der Waals surface area contributed by atoms with Crippen molar-refractivity contribution >= 4 is 0 Å². The third-order valence-electron chi connectivity index (χ3n) is 4.74. The molecular weight excluding hydrogens is 208 g/mol. The summed E-state index contributed by atoms with van der Waals surface area (Å²) in [6.07, 6.45) is 14.1. The van der Waals surface area contributed by atoms with E-state index in [9.17, 15) is 0 Å². The molecule has 0 amide bonds. The molecule has 0 atom stereocenters. The van der Waals surface area contributed by atoms with Crippen LogP contribution in [0.5, 0.6) is 0 Å². The van der Waals surface area contributed by atoms with Gasteiger partial charge in [0.05, 0.1) is 6.33 Å². The lowest BCUT2D eigenvalue weighted by molar-refractivity contribution is 0.246. The Hall–Kier alpha value is -0.790. The van der Waals surface area contributed by atoms with Gasteiger partial charge in [0.2, 0.25) is 0 Å². The minimum Gasteiger partial charge on any atom is -0.334 e. The third kappa shape index (κ3) is 2.56. The predicted molar refractivity (Wildman–Crippen MR) is 69.9 cm³/mol. The van der Waals surface area contributed by atoms with Crippen molar-refractivity contribution in [2.45, 2.75) is 64.3 Å². The van der Waals surface area contributed by atoms with E-state index >= 15 is 0 Å². The van der Waals surface area contributed by atoms with E-state index in [1.165, 1.54) is 57.2 Å². The van der Waals surface area contributed by atoms with E-state index in [-0.39, 0.29) is 0 Å². The van der Waals surface area contributed by atoms with Crippen molar-refractivity contribution in [3.05, 3.63) is 18.2 Å². The molecule has 2 saturated carbocycles. The van der Waals surface area contributed by atoms with Crippen molar-refractivity contribution in [2.24, 2.45) is 11.8 Å². The van der Waals surface area contributed by atoms with Crippen LogP contribution in [0.3, 0.4) is 0 Å². The van der Waals surface area contributed by atoms with Crippen LogP contribution in [-0.4, -0.2) is 9.55 Å². The molecule has 1 aromatic rings. The molecule has 0 spiro atoms.